The van der Waals surface area contributed by atoms with E-state index in [4.69, 9.17) is 0 Å². The van der Waals surface area contributed by atoms with Crippen LogP contribution in [-0.4, -0.2) is 54.3 Å². The number of hydrogen-bond donors (Lipinski definition) is 4. The zero-order valence-electron chi connectivity index (χ0n) is 14.6. The first-order chi connectivity index (χ1) is 10.4. The number of nitrogens with one attached hydrogen (secondary N) is 3. The van der Waals surface area contributed by atoms with E-state index in [1.165, 1.54) is 19.4 Å². The molecular formula is C17H34N4O. The van der Waals surface area contributed by atoms with Gasteiger partial charge in [-0.15, -0.1) is 0 Å². The Hall–Kier alpha value is -0.620. The average Bonchev–Trinajstić information content (AvgIpc) is 2.42. The molecule has 2 saturated heterocycles. The van der Waals surface area contributed by atoms with E-state index in [0.29, 0.717) is 24.0 Å². The van der Waals surface area contributed by atoms with Gasteiger partial charge in [-0.05, 0) is 39.3 Å². The van der Waals surface area contributed by atoms with Crippen molar-refractivity contribution in [2.75, 3.05) is 20.1 Å². The zero-order chi connectivity index (χ0) is 16.3. The van der Waals surface area contributed by atoms with Gasteiger partial charge >= 0.3 is 0 Å². The lowest BCUT2D eigenvalue weighted by atomic mass is 9.79. The summed E-state index contributed by atoms with van der Waals surface area (Å²) in [6, 6.07) is 1.70. The lowest BCUT2D eigenvalue weighted by Crippen LogP contribution is -2.74. The number of likely N-dealkylation sites (N-methyl/N-ethyl adjacent to an activating group) is 1. The summed E-state index contributed by atoms with van der Waals surface area (Å²) >= 11 is 0. The van der Waals surface area contributed by atoms with E-state index in [9.17, 15) is 5.11 Å². The Bertz CT molecular complexity index is 376. The first kappa shape index (κ1) is 17.7. The summed E-state index contributed by atoms with van der Waals surface area (Å²) in [4.78, 5) is 2.42. The summed E-state index contributed by atoms with van der Waals surface area (Å²) in [6.07, 6.45) is 3.68. The van der Waals surface area contributed by atoms with E-state index < -0.39 is 0 Å². The van der Waals surface area contributed by atoms with Gasteiger partial charge in [0.1, 0.15) is 0 Å². The Morgan fingerprint density at radius 1 is 1.36 bits per heavy atom. The summed E-state index contributed by atoms with van der Waals surface area (Å²) in [5.41, 5.74) is 6.61. The Morgan fingerprint density at radius 2 is 2.05 bits per heavy atom. The molecule has 0 aromatic carbocycles. The van der Waals surface area contributed by atoms with Crippen molar-refractivity contribution in [1.82, 2.24) is 21.1 Å². The van der Waals surface area contributed by atoms with E-state index >= 15 is 0 Å². The highest BCUT2D eigenvalue weighted by Gasteiger charge is 2.42. The first-order valence-corrected chi connectivity index (χ1v) is 8.77. The van der Waals surface area contributed by atoms with Gasteiger partial charge in [0, 0.05) is 36.6 Å². The second-order valence-electron chi connectivity index (χ2n) is 7.25. The number of aliphatic hydroxyl groups is 1. The number of hydrogen-bond acceptors (Lipinski definition) is 5. The van der Waals surface area contributed by atoms with Crippen LogP contribution in [0.2, 0.25) is 0 Å². The third-order valence-corrected chi connectivity index (χ3v) is 5.57. The van der Waals surface area contributed by atoms with Crippen LogP contribution in [0, 0.1) is 11.8 Å². The molecule has 5 nitrogen and oxygen atoms in total. The quantitative estimate of drug-likeness (QED) is 0.539. The van der Waals surface area contributed by atoms with Gasteiger partial charge in [0.2, 0.25) is 0 Å². The van der Waals surface area contributed by atoms with Crippen molar-refractivity contribution in [3.05, 3.63) is 12.3 Å². The number of aliphatic hydroxyl groups excluding tert-OH is 1. The fourth-order valence-corrected chi connectivity index (χ4v) is 4.01. The molecular weight excluding hydrogens is 276 g/mol. The van der Waals surface area contributed by atoms with Gasteiger partial charge in [-0.25, -0.2) is 0 Å². The number of likely N-dealkylation sites (tertiary alicyclic amines) is 1. The summed E-state index contributed by atoms with van der Waals surface area (Å²) < 4.78 is 0. The molecule has 0 spiro atoms. The smallest absolute Gasteiger partial charge is 0.0895 e. The van der Waals surface area contributed by atoms with Crippen molar-refractivity contribution in [3.8, 4) is 0 Å². The van der Waals surface area contributed by atoms with E-state index in [2.05, 4.69) is 48.5 Å². The van der Waals surface area contributed by atoms with Crippen molar-refractivity contribution < 1.29 is 5.11 Å². The van der Waals surface area contributed by atoms with Crippen molar-refractivity contribution >= 4 is 0 Å². The molecule has 1 unspecified atom stereocenters. The minimum atomic E-state index is 0.0771. The molecule has 128 valence electrons. The molecule has 2 rings (SSSR count). The number of rotatable bonds is 7. The molecule has 0 aromatic heterocycles. The van der Waals surface area contributed by atoms with Gasteiger partial charge in [-0.3, -0.25) is 10.9 Å². The molecule has 0 amide bonds. The number of hydrazine groups is 1. The molecule has 0 aliphatic carbocycles. The highest BCUT2D eigenvalue weighted by atomic mass is 16.3. The highest BCUT2D eigenvalue weighted by molar-refractivity contribution is 5.05. The minimum Gasteiger partial charge on any atom is -0.513 e. The predicted octanol–water partition coefficient (Wildman–Crippen LogP) is 1.64. The van der Waals surface area contributed by atoms with Gasteiger partial charge in [0.05, 0.1) is 5.76 Å². The van der Waals surface area contributed by atoms with E-state index in [-0.39, 0.29) is 17.7 Å². The molecule has 0 radical (unpaired) electrons. The van der Waals surface area contributed by atoms with Gasteiger partial charge < -0.3 is 15.3 Å². The summed E-state index contributed by atoms with van der Waals surface area (Å²) in [7, 11) is 2.21. The third-order valence-electron chi connectivity index (χ3n) is 5.57. The van der Waals surface area contributed by atoms with Crippen molar-refractivity contribution in [1.29, 1.82) is 0 Å². The molecule has 2 aliphatic heterocycles. The molecule has 5 heteroatoms. The Kier molecular flexibility index (Phi) is 6.26. The van der Waals surface area contributed by atoms with Crippen LogP contribution in [0.1, 0.15) is 40.0 Å². The van der Waals surface area contributed by atoms with E-state index in [1.54, 1.807) is 0 Å². The topological polar surface area (TPSA) is 59.6 Å². The van der Waals surface area contributed by atoms with E-state index in [1.807, 2.05) is 6.92 Å². The van der Waals surface area contributed by atoms with Gasteiger partial charge in [-0.2, -0.15) is 0 Å². The van der Waals surface area contributed by atoms with Crippen LogP contribution in [-0.2, 0) is 0 Å². The normalized spacial score (nSPS) is 33.7. The maximum Gasteiger partial charge on any atom is 0.0895 e. The van der Waals surface area contributed by atoms with Gasteiger partial charge in [0.25, 0.3) is 0 Å². The minimum absolute atomic E-state index is 0.0771. The fraction of sp³-hybridized carbons (Fsp3) is 0.882. The number of piperidine rings is 1. The molecule has 22 heavy (non-hydrogen) atoms. The standard InChI is InChI=1S/C17H34N4O/c1-6-15(17-16(19-20-17)11(2)13(4)22)12(3)18-14-8-7-9-21(5)10-14/h11-12,14-20,22H,4,6-10H2,1-3,5H3/t11?,12-,14+,15-,16+,17+/m0/s1. The van der Waals surface area contributed by atoms with Crippen molar-refractivity contribution in [2.24, 2.45) is 11.8 Å². The molecule has 0 bridgehead atoms. The van der Waals surface area contributed by atoms with Crippen LogP contribution < -0.4 is 16.2 Å². The molecule has 2 heterocycles. The Balaban J connectivity index is 1.91. The van der Waals surface area contributed by atoms with E-state index in [0.717, 1.165) is 13.0 Å². The molecule has 0 saturated carbocycles. The van der Waals surface area contributed by atoms with Gasteiger partial charge in [-0.1, -0.05) is 26.8 Å². The largest absolute Gasteiger partial charge is 0.513 e. The van der Waals surface area contributed by atoms with Gasteiger partial charge in [0.15, 0.2) is 0 Å². The zero-order valence-corrected chi connectivity index (χ0v) is 14.6. The average molecular weight is 310 g/mol. The predicted molar refractivity (Wildman–Crippen MR) is 91.7 cm³/mol. The summed E-state index contributed by atoms with van der Waals surface area (Å²) in [5, 5.41) is 13.5. The Labute approximate surface area is 135 Å². The van der Waals surface area contributed by atoms with Crippen LogP contribution in [0.4, 0.5) is 0 Å². The second-order valence-corrected chi connectivity index (χ2v) is 7.25. The van der Waals surface area contributed by atoms with Crippen LogP contribution in [0.5, 0.6) is 0 Å². The molecule has 0 aromatic rings. The lowest BCUT2D eigenvalue weighted by Gasteiger charge is -2.48. The molecule has 2 fully saturated rings. The van der Waals surface area contributed by atoms with Crippen molar-refractivity contribution in [3.63, 3.8) is 0 Å². The molecule has 2 aliphatic rings. The summed E-state index contributed by atoms with van der Waals surface area (Å²) in [5.74, 6) is 0.891. The Morgan fingerprint density at radius 3 is 2.55 bits per heavy atom. The SMILES string of the molecule is C=C(O)C(C)[C@H]1NN[C@@H]1[C@@H](CC)[C@H](C)N[C@@H]1CCCN(C)C1. The lowest BCUT2D eigenvalue weighted by molar-refractivity contribution is 0.0697. The first-order valence-electron chi connectivity index (χ1n) is 8.77. The maximum absolute atomic E-state index is 9.67. The number of nitrogens with zero attached hydrogens (tertiary/aromatic N) is 1. The maximum atomic E-state index is 9.67. The van der Waals surface area contributed by atoms with Crippen LogP contribution in [0.25, 0.3) is 0 Å². The summed E-state index contributed by atoms with van der Waals surface area (Å²) in [6.45, 7) is 12.6. The van der Waals surface area contributed by atoms with Crippen molar-refractivity contribution in [2.45, 2.75) is 64.2 Å². The van der Waals surface area contributed by atoms with Crippen LogP contribution >= 0.6 is 0 Å². The van der Waals surface area contributed by atoms with Crippen LogP contribution in [0.3, 0.4) is 0 Å². The second kappa shape index (κ2) is 7.77. The third kappa shape index (κ3) is 4.02. The highest BCUT2D eigenvalue weighted by Crippen LogP contribution is 2.27. The molecule has 6 atom stereocenters. The fourth-order valence-electron chi connectivity index (χ4n) is 4.01. The monoisotopic (exact) mass is 310 g/mol. The molecule has 4 N–H and O–H groups in total. The van der Waals surface area contributed by atoms with Crippen LogP contribution in [0.15, 0.2) is 12.3 Å².